The van der Waals surface area contributed by atoms with Crippen molar-refractivity contribution in [1.82, 2.24) is 10.2 Å². The predicted molar refractivity (Wildman–Crippen MR) is 154 cm³/mol. The molecule has 10 heteroatoms. The molecule has 1 saturated carbocycles. The summed E-state index contributed by atoms with van der Waals surface area (Å²) < 4.78 is 4.18. The van der Waals surface area contributed by atoms with Crippen molar-refractivity contribution in [3.8, 4) is 18.9 Å². The Morgan fingerprint density at radius 2 is 1.85 bits per heavy atom. The third-order valence-corrected chi connectivity index (χ3v) is 7.25. The number of carbonyl (C=O) groups is 4. The molecule has 1 unspecified atom stereocenters. The van der Waals surface area contributed by atoms with Crippen molar-refractivity contribution in [3.05, 3.63) is 29.8 Å². The Hall–Kier alpha value is -4.05. The predicted octanol–water partition coefficient (Wildman–Crippen LogP) is 3.64. The van der Waals surface area contributed by atoms with Crippen LogP contribution in [0.1, 0.15) is 65.9 Å². The van der Waals surface area contributed by atoms with Gasteiger partial charge in [0.15, 0.2) is 0 Å². The van der Waals surface area contributed by atoms with Gasteiger partial charge in [0.1, 0.15) is 6.04 Å². The van der Waals surface area contributed by atoms with Gasteiger partial charge in [-0.1, -0.05) is 52.8 Å². The molecule has 1 saturated heterocycles. The third-order valence-electron chi connectivity index (χ3n) is 7.25. The number of likely N-dealkylation sites (tertiary alicyclic amines) is 1. The van der Waals surface area contributed by atoms with Gasteiger partial charge in [-0.25, -0.2) is 4.79 Å². The van der Waals surface area contributed by atoms with Crippen molar-refractivity contribution >= 4 is 30.0 Å². The number of piperidine rings is 1. The average molecular weight is 554 g/mol. The van der Waals surface area contributed by atoms with Crippen molar-refractivity contribution in [2.75, 3.05) is 25.0 Å². The highest BCUT2D eigenvalue weighted by Crippen LogP contribution is 2.62. The van der Waals surface area contributed by atoms with Crippen LogP contribution in [0.2, 0.25) is 0 Å². The smallest absolute Gasteiger partial charge is 0.404 e. The highest BCUT2D eigenvalue weighted by atomic mass is 16.5. The quantitative estimate of drug-likeness (QED) is 0.361. The van der Waals surface area contributed by atoms with Gasteiger partial charge >= 0.3 is 6.09 Å². The first kappa shape index (κ1) is 34.0. The molecule has 218 valence electrons. The first-order chi connectivity index (χ1) is 18.7. The SMILES string of the molecule is C#C.CC(C)(C)CC(=O)N1C[C@@H]2[C@H](C1)C2(C)C.CCOC(N)=O.N#C[C@H](CC1C(=O)Nc2ccccc21)NC=O. The molecule has 0 spiro atoms. The molecule has 10 nitrogen and oxygen atoms in total. The lowest BCUT2D eigenvalue weighted by Gasteiger charge is -2.26. The fraction of sp³-hybridized carbons (Fsp3) is 0.567. The van der Waals surface area contributed by atoms with Crippen LogP contribution in [0.5, 0.6) is 0 Å². The Kier molecular flexibility index (Phi) is 12.7. The fourth-order valence-corrected chi connectivity index (χ4v) is 5.03. The molecule has 0 bridgehead atoms. The van der Waals surface area contributed by atoms with Gasteiger partial charge in [0.25, 0.3) is 0 Å². The average Bonchev–Trinajstić information content (AvgIpc) is 3.22. The largest absolute Gasteiger partial charge is 0.450 e. The molecule has 4 amide bonds. The van der Waals surface area contributed by atoms with E-state index in [4.69, 9.17) is 5.26 Å². The van der Waals surface area contributed by atoms with E-state index >= 15 is 0 Å². The van der Waals surface area contributed by atoms with Crippen molar-refractivity contribution < 1.29 is 23.9 Å². The molecule has 2 heterocycles. The summed E-state index contributed by atoms with van der Waals surface area (Å²) in [6.07, 6.45) is 8.75. The van der Waals surface area contributed by atoms with Gasteiger partial charge in [-0.3, -0.25) is 14.4 Å². The maximum absolute atomic E-state index is 12.0. The van der Waals surface area contributed by atoms with E-state index < -0.39 is 12.1 Å². The summed E-state index contributed by atoms with van der Waals surface area (Å²) in [4.78, 5) is 45.7. The van der Waals surface area contributed by atoms with Gasteiger partial charge in [-0.15, -0.1) is 12.8 Å². The fourth-order valence-electron chi connectivity index (χ4n) is 5.03. The second kappa shape index (κ2) is 14.9. The molecular weight excluding hydrogens is 510 g/mol. The van der Waals surface area contributed by atoms with Gasteiger partial charge in [0, 0.05) is 25.2 Å². The number of fused-ring (bicyclic) bond motifs is 2. The lowest BCUT2D eigenvalue weighted by Crippen LogP contribution is -2.35. The number of para-hydroxylation sites is 1. The zero-order valence-electron chi connectivity index (χ0n) is 24.4. The Morgan fingerprint density at radius 1 is 1.27 bits per heavy atom. The van der Waals surface area contributed by atoms with Gasteiger partial charge < -0.3 is 26.0 Å². The highest BCUT2D eigenvalue weighted by Gasteiger charge is 2.62. The highest BCUT2D eigenvalue weighted by molar-refractivity contribution is 6.02. The summed E-state index contributed by atoms with van der Waals surface area (Å²) in [6, 6.07) is 8.68. The molecule has 2 fully saturated rings. The monoisotopic (exact) mass is 553 g/mol. The summed E-state index contributed by atoms with van der Waals surface area (Å²) in [5.41, 5.74) is 6.84. The Balaban J connectivity index is 0.000000319. The van der Waals surface area contributed by atoms with E-state index in [0.29, 0.717) is 30.8 Å². The zero-order valence-corrected chi connectivity index (χ0v) is 24.4. The maximum Gasteiger partial charge on any atom is 0.404 e. The maximum atomic E-state index is 12.0. The Bertz CT molecular complexity index is 1090. The van der Waals surface area contributed by atoms with Gasteiger partial charge in [-0.05, 0) is 47.6 Å². The Morgan fingerprint density at radius 3 is 2.30 bits per heavy atom. The number of primary amides is 1. The van der Waals surface area contributed by atoms with Gasteiger partial charge in [0.2, 0.25) is 18.2 Å². The van der Waals surface area contributed by atoms with Gasteiger partial charge in [0.05, 0.1) is 18.6 Å². The number of amides is 4. The minimum atomic E-state index is -0.711. The molecule has 1 aromatic carbocycles. The number of rotatable bonds is 6. The van der Waals surface area contributed by atoms with Crippen LogP contribution >= 0.6 is 0 Å². The van der Waals surface area contributed by atoms with Crippen LogP contribution in [-0.4, -0.2) is 55.0 Å². The molecule has 40 heavy (non-hydrogen) atoms. The molecule has 2 aliphatic heterocycles. The molecule has 4 atom stereocenters. The molecule has 0 radical (unpaired) electrons. The lowest BCUT2D eigenvalue weighted by atomic mass is 9.91. The van der Waals surface area contributed by atoms with Crippen LogP contribution < -0.4 is 16.4 Å². The minimum Gasteiger partial charge on any atom is -0.450 e. The number of nitrogens with two attached hydrogens (primary N) is 1. The third kappa shape index (κ3) is 9.60. The molecule has 4 N–H and O–H groups in total. The summed E-state index contributed by atoms with van der Waals surface area (Å²) in [5.74, 6) is 1.41. The van der Waals surface area contributed by atoms with E-state index in [1.54, 1.807) is 6.92 Å². The van der Waals surface area contributed by atoms with Crippen LogP contribution in [0.3, 0.4) is 0 Å². The number of nitrogens with zero attached hydrogens (tertiary/aromatic N) is 2. The number of ether oxygens (including phenoxy) is 1. The topological polar surface area (TPSA) is 155 Å². The number of anilines is 1. The van der Waals surface area contributed by atoms with Crippen LogP contribution in [0.4, 0.5) is 10.5 Å². The second-order valence-corrected chi connectivity index (χ2v) is 11.7. The van der Waals surface area contributed by atoms with E-state index in [-0.39, 0.29) is 23.7 Å². The van der Waals surface area contributed by atoms with E-state index in [9.17, 15) is 19.2 Å². The number of hydrogen-bond acceptors (Lipinski definition) is 6. The number of nitriles is 1. The van der Waals surface area contributed by atoms with Crippen LogP contribution in [0.25, 0.3) is 0 Å². The van der Waals surface area contributed by atoms with E-state index in [2.05, 4.69) is 73.5 Å². The molecular formula is C30H43N5O5. The molecule has 1 aromatic rings. The van der Waals surface area contributed by atoms with Crippen LogP contribution in [0, 0.1) is 46.8 Å². The van der Waals surface area contributed by atoms with E-state index in [1.807, 2.05) is 30.3 Å². The first-order valence-electron chi connectivity index (χ1n) is 13.3. The number of hydrogen-bond donors (Lipinski definition) is 3. The van der Waals surface area contributed by atoms with Crippen molar-refractivity contribution in [1.29, 1.82) is 5.26 Å². The number of nitrogens with one attached hydrogen (secondary N) is 2. The second-order valence-electron chi connectivity index (χ2n) is 11.7. The standard InChI is InChI=1S/C13H23NO.C12H11N3O2.C3H7NO2.C2H2/c1-12(2,3)6-11(15)14-7-9-10(8-14)13(9,4)5;13-6-8(14-7-16)5-10-9-3-1-2-4-11(9)15-12(10)17;1-2-6-3(4)5;1-2/h9-10H,6-8H2,1-5H3;1-4,7-8,10H,5H2,(H,14,16)(H,15,17);2H2,1H3,(H2,4,5);1-2H/t9-,10+;8-,10?;;/m.0../s1. The van der Waals surface area contributed by atoms with Crippen LogP contribution in [0.15, 0.2) is 24.3 Å². The first-order valence-corrected chi connectivity index (χ1v) is 13.3. The summed E-state index contributed by atoms with van der Waals surface area (Å²) >= 11 is 0. The Labute approximate surface area is 238 Å². The number of benzene rings is 1. The van der Waals surface area contributed by atoms with Crippen molar-refractivity contribution in [3.63, 3.8) is 0 Å². The minimum absolute atomic E-state index is 0.124. The summed E-state index contributed by atoms with van der Waals surface area (Å²) in [5, 5.41) is 14.0. The van der Waals surface area contributed by atoms with Crippen LogP contribution in [-0.2, 0) is 19.1 Å². The molecule has 1 aliphatic carbocycles. The van der Waals surface area contributed by atoms with Crippen molar-refractivity contribution in [2.45, 2.75) is 66.3 Å². The van der Waals surface area contributed by atoms with Crippen molar-refractivity contribution in [2.24, 2.45) is 28.4 Å². The zero-order chi connectivity index (χ0) is 30.7. The molecule has 3 aliphatic rings. The van der Waals surface area contributed by atoms with E-state index in [0.717, 1.165) is 36.2 Å². The molecule has 4 rings (SSSR count). The summed E-state index contributed by atoms with van der Waals surface area (Å²) in [6.45, 7) is 15.1. The normalized spacial score (nSPS) is 21.4. The van der Waals surface area contributed by atoms with E-state index in [1.165, 1.54) is 0 Å². The number of terminal acetylenes is 1. The molecule has 0 aromatic heterocycles. The number of carbonyl (C=O) groups excluding carboxylic acids is 4. The van der Waals surface area contributed by atoms with Gasteiger partial charge in [-0.2, -0.15) is 5.26 Å². The summed E-state index contributed by atoms with van der Waals surface area (Å²) in [7, 11) is 0. The lowest BCUT2D eigenvalue weighted by molar-refractivity contribution is -0.132.